The SMILES string of the molecule is O=C(O)C1CNC(c2c(F)c(F)c(Br)c(F)c2F)C1. The van der Waals surface area contributed by atoms with Crippen LogP contribution in [0.5, 0.6) is 0 Å². The molecule has 1 aromatic rings. The zero-order valence-electron chi connectivity index (χ0n) is 9.31. The van der Waals surface area contributed by atoms with Gasteiger partial charge in [-0.1, -0.05) is 0 Å². The number of hydrogen-bond donors (Lipinski definition) is 2. The topological polar surface area (TPSA) is 49.3 Å². The van der Waals surface area contributed by atoms with Crippen LogP contribution in [0.1, 0.15) is 18.0 Å². The van der Waals surface area contributed by atoms with E-state index in [2.05, 4.69) is 21.2 Å². The molecule has 1 saturated heterocycles. The summed E-state index contributed by atoms with van der Waals surface area (Å²) in [6, 6.07) is -1.07. The summed E-state index contributed by atoms with van der Waals surface area (Å²) in [6.07, 6.45) is -0.135. The highest BCUT2D eigenvalue weighted by Gasteiger charge is 2.36. The van der Waals surface area contributed by atoms with Crippen molar-refractivity contribution < 1.29 is 27.5 Å². The molecule has 0 amide bonds. The highest BCUT2D eigenvalue weighted by atomic mass is 79.9. The Hall–Kier alpha value is -1.15. The normalized spacial score (nSPS) is 22.8. The molecule has 1 fully saturated rings. The van der Waals surface area contributed by atoms with Gasteiger partial charge in [0.1, 0.15) is 0 Å². The predicted molar refractivity (Wildman–Crippen MR) is 60.5 cm³/mol. The standard InChI is InChI=1S/C11H8BrF4NO2/c12-6-9(15)7(13)5(8(14)10(6)16)4-1-3(2-17-4)11(18)19/h3-4,17H,1-2H2,(H,18,19). The number of aliphatic carboxylic acids is 1. The monoisotopic (exact) mass is 341 g/mol. The molecule has 2 N–H and O–H groups in total. The first-order chi connectivity index (χ1) is 8.84. The maximum absolute atomic E-state index is 13.7. The fourth-order valence-corrected chi connectivity index (χ4v) is 2.42. The number of benzene rings is 1. The third kappa shape index (κ3) is 2.34. The van der Waals surface area contributed by atoms with Gasteiger partial charge in [0.05, 0.1) is 10.4 Å². The Morgan fingerprint density at radius 3 is 2.11 bits per heavy atom. The van der Waals surface area contributed by atoms with E-state index in [1.165, 1.54) is 0 Å². The summed E-state index contributed by atoms with van der Waals surface area (Å²) in [6.45, 7) is -0.0157. The quantitative estimate of drug-likeness (QED) is 0.494. The lowest BCUT2D eigenvalue weighted by molar-refractivity contribution is -0.141. The van der Waals surface area contributed by atoms with Crippen molar-refractivity contribution in [3.05, 3.63) is 33.3 Å². The molecule has 2 atom stereocenters. The average molecular weight is 342 g/mol. The molecular weight excluding hydrogens is 334 g/mol. The highest BCUT2D eigenvalue weighted by Crippen LogP contribution is 2.35. The van der Waals surface area contributed by atoms with Gasteiger partial charge in [0.25, 0.3) is 0 Å². The van der Waals surface area contributed by atoms with E-state index in [4.69, 9.17) is 5.11 Å². The molecule has 0 spiro atoms. The number of carbonyl (C=O) groups is 1. The maximum Gasteiger partial charge on any atom is 0.307 e. The summed E-state index contributed by atoms with van der Waals surface area (Å²) in [7, 11) is 0. The smallest absolute Gasteiger partial charge is 0.307 e. The fourth-order valence-electron chi connectivity index (χ4n) is 2.07. The summed E-state index contributed by atoms with van der Waals surface area (Å²) >= 11 is 2.41. The zero-order chi connectivity index (χ0) is 14.3. The van der Waals surface area contributed by atoms with Crippen molar-refractivity contribution in [2.24, 2.45) is 5.92 Å². The van der Waals surface area contributed by atoms with Gasteiger partial charge in [0.15, 0.2) is 23.3 Å². The summed E-state index contributed by atoms with van der Waals surface area (Å²) in [4.78, 5) is 10.8. The van der Waals surface area contributed by atoms with E-state index in [0.717, 1.165) is 0 Å². The maximum atomic E-state index is 13.7. The van der Waals surface area contributed by atoms with Crippen LogP contribution in [0.2, 0.25) is 0 Å². The van der Waals surface area contributed by atoms with Crippen LogP contribution in [0, 0.1) is 29.2 Å². The van der Waals surface area contributed by atoms with Gasteiger partial charge in [-0.3, -0.25) is 4.79 Å². The molecule has 0 aromatic heterocycles. The third-order valence-corrected chi connectivity index (χ3v) is 3.77. The molecule has 1 aromatic carbocycles. The van der Waals surface area contributed by atoms with Gasteiger partial charge in [0.2, 0.25) is 0 Å². The molecule has 3 nitrogen and oxygen atoms in total. The minimum absolute atomic E-state index is 0.0157. The van der Waals surface area contributed by atoms with E-state index in [1.807, 2.05) is 0 Å². The summed E-state index contributed by atoms with van der Waals surface area (Å²) in [5.74, 6) is -8.08. The van der Waals surface area contributed by atoms with Crippen LogP contribution in [0.25, 0.3) is 0 Å². The summed E-state index contributed by atoms with van der Waals surface area (Å²) < 4.78 is 53.2. The Balaban J connectivity index is 2.44. The van der Waals surface area contributed by atoms with E-state index < -0.39 is 51.2 Å². The number of hydrogen-bond acceptors (Lipinski definition) is 2. The van der Waals surface area contributed by atoms with Crippen molar-refractivity contribution in [1.29, 1.82) is 0 Å². The Bertz CT molecular complexity index is 523. The van der Waals surface area contributed by atoms with E-state index in [9.17, 15) is 22.4 Å². The molecule has 104 valence electrons. The van der Waals surface area contributed by atoms with Crippen molar-refractivity contribution in [1.82, 2.24) is 5.32 Å². The van der Waals surface area contributed by atoms with Gasteiger partial charge in [-0.15, -0.1) is 0 Å². The van der Waals surface area contributed by atoms with Crippen LogP contribution < -0.4 is 5.32 Å². The van der Waals surface area contributed by atoms with E-state index in [0.29, 0.717) is 0 Å². The summed E-state index contributed by atoms with van der Waals surface area (Å²) in [5.41, 5.74) is -0.804. The van der Waals surface area contributed by atoms with Crippen molar-refractivity contribution in [3.63, 3.8) is 0 Å². The third-order valence-electron chi connectivity index (χ3n) is 3.07. The van der Waals surface area contributed by atoms with Crippen molar-refractivity contribution in [2.45, 2.75) is 12.5 Å². The minimum Gasteiger partial charge on any atom is -0.481 e. The number of rotatable bonds is 2. The molecule has 19 heavy (non-hydrogen) atoms. The lowest BCUT2D eigenvalue weighted by atomic mass is 9.99. The molecule has 0 aliphatic carbocycles. The largest absolute Gasteiger partial charge is 0.481 e. The molecule has 0 radical (unpaired) electrons. The average Bonchev–Trinajstić information content (AvgIpc) is 2.84. The van der Waals surface area contributed by atoms with Gasteiger partial charge in [-0.25, -0.2) is 17.6 Å². The Kier molecular flexibility index (Phi) is 3.82. The first kappa shape index (κ1) is 14.3. The van der Waals surface area contributed by atoms with Gasteiger partial charge in [-0.05, 0) is 22.4 Å². The Labute approximate surface area is 113 Å². The van der Waals surface area contributed by atoms with Gasteiger partial charge >= 0.3 is 5.97 Å². The van der Waals surface area contributed by atoms with Crippen molar-refractivity contribution in [2.75, 3.05) is 6.54 Å². The van der Waals surface area contributed by atoms with Crippen LogP contribution in [0.15, 0.2) is 4.47 Å². The van der Waals surface area contributed by atoms with E-state index in [-0.39, 0.29) is 13.0 Å². The van der Waals surface area contributed by atoms with Crippen molar-refractivity contribution in [3.8, 4) is 0 Å². The van der Waals surface area contributed by atoms with Gasteiger partial charge in [-0.2, -0.15) is 0 Å². The van der Waals surface area contributed by atoms with Crippen LogP contribution in [0.3, 0.4) is 0 Å². The molecule has 1 aliphatic heterocycles. The second kappa shape index (κ2) is 5.09. The van der Waals surface area contributed by atoms with E-state index in [1.54, 1.807) is 0 Å². The first-order valence-electron chi connectivity index (χ1n) is 5.32. The lowest BCUT2D eigenvalue weighted by Gasteiger charge is -2.15. The van der Waals surface area contributed by atoms with Gasteiger partial charge in [0, 0.05) is 18.2 Å². The number of halogens is 5. The predicted octanol–water partition coefficient (Wildman–Crippen LogP) is 2.74. The van der Waals surface area contributed by atoms with Gasteiger partial charge < -0.3 is 10.4 Å². The molecule has 0 bridgehead atoms. The van der Waals surface area contributed by atoms with Crippen molar-refractivity contribution >= 4 is 21.9 Å². The second-order valence-corrected chi connectivity index (χ2v) is 5.01. The van der Waals surface area contributed by atoms with E-state index >= 15 is 0 Å². The van der Waals surface area contributed by atoms with Crippen LogP contribution in [-0.4, -0.2) is 17.6 Å². The molecule has 2 rings (SSSR count). The molecule has 1 heterocycles. The number of carboxylic acid groups (broad SMARTS) is 1. The molecule has 2 unspecified atom stereocenters. The van der Waals surface area contributed by atoms with Crippen LogP contribution in [-0.2, 0) is 4.79 Å². The molecule has 8 heteroatoms. The molecule has 0 saturated carbocycles. The molecular formula is C11H8BrF4NO2. The Morgan fingerprint density at radius 1 is 1.16 bits per heavy atom. The zero-order valence-corrected chi connectivity index (χ0v) is 10.9. The number of nitrogens with one attached hydrogen (secondary N) is 1. The number of carboxylic acids is 1. The summed E-state index contributed by atoms with van der Waals surface area (Å²) in [5, 5.41) is 11.3. The highest BCUT2D eigenvalue weighted by molar-refractivity contribution is 9.10. The van der Waals surface area contributed by atoms with Crippen LogP contribution in [0.4, 0.5) is 17.6 Å². The second-order valence-electron chi connectivity index (χ2n) is 4.22. The van der Waals surface area contributed by atoms with Crippen LogP contribution >= 0.6 is 15.9 Å². The lowest BCUT2D eigenvalue weighted by Crippen LogP contribution is -2.19. The molecule has 1 aliphatic rings. The first-order valence-corrected chi connectivity index (χ1v) is 6.11. The minimum atomic E-state index is -1.53. The Morgan fingerprint density at radius 2 is 1.68 bits per heavy atom. The fraction of sp³-hybridized carbons (Fsp3) is 0.364.